The Hall–Kier alpha value is 0. The van der Waals surface area contributed by atoms with E-state index in [0.29, 0.717) is 0 Å². The molecule has 1 rings (SSSR count). The van der Waals surface area contributed by atoms with Crippen LogP contribution in [-0.2, 0) is 0 Å². The molecule has 0 amide bonds. The molecule has 0 nitrogen and oxygen atoms in total. The number of hydrogen-bond acceptors (Lipinski definition) is 0. The molecule has 0 aromatic carbocycles. The van der Waals surface area contributed by atoms with E-state index in [2.05, 4.69) is 20.8 Å². The molecular formula is C15H30. The van der Waals surface area contributed by atoms with Gasteiger partial charge in [0.15, 0.2) is 0 Å². The third-order valence-electron chi connectivity index (χ3n) is 4.61. The van der Waals surface area contributed by atoms with Gasteiger partial charge in [-0.1, -0.05) is 78.6 Å². The molecule has 0 N–H and O–H groups in total. The van der Waals surface area contributed by atoms with Crippen molar-refractivity contribution in [3.05, 3.63) is 0 Å². The Morgan fingerprint density at radius 2 is 0.867 bits per heavy atom. The van der Waals surface area contributed by atoms with Gasteiger partial charge < -0.3 is 0 Å². The first kappa shape index (κ1) is 13.1. The van der Waals surface area contributed by atoms with Crippen molar-refractivity contribution in [2.75, 3.05) is 0 Å². The van der Waals surface area contributed by atoms with E-state index in [0.717, 1.165) is 17.8 Å². The minimum Gasteiger partial charge on any atom is -0.0622 e. The second kappa shape index (κ2) is 7.30. The summed E-state index contributed by atoms with van der Waals surface area (Å²) < 4.78 is 0. The summed E-state index contributed by atoms with van der Waals surface area (Å²) in [5, 5.41) is 0. The average molecular weight is 210 g/mol. The molecule has 0 aliphatic heterocycles. The van der Waals surface area contributed by atoms with Crippen molar-refractivity contribution in [3.8, 4) is 0 Å². The van der Waals surface area contributed by atoms with Crippen LogP contribution in [0.1, 0.15) is 78.6 Å². The molecule has 0 heteroatoms. The van der Waals surface area contributed by atoms with Crippen LogP contribution in [-0.4, -0.2) is 0 Å². The lowest BCUT2D eigenvalue weighted by Crippen LogP contribution is -2.17. The molecule has 1 aliphatic rings. The second-order valence-electron chi connectivity index (χ2n) is 5.87. The predicted molar refractivity (Wildman–Crippen MR) is 69.0 cm³/mol. The molecule has 0 radical (unpaired) electrons. The summed E-state index contributed by atoms with van der Waals surface area (Å²) in [4.78, 5) is 0. The molecule has 15 heavy (non-hydrogen) atoms. The monoisotopic (exact) mass is 210 g/mol. The first-order valence-corrected chi connectivity index (χ1v) is 7.22. The summed E-state index contributed by atoms with van der Waals surface area (Å²) >= 11 is 0. The molecule has 0 heterocycles. The highest BCUT2D eigenvalue weighted by Crippen LogP contribution is 2.29. The fourth-order valence-corrected chi connectivity index (χ4v) is 2.90. The van der Waals surface area contributed by atoms with Crippen molar-refractivity contribution in [3.63, 3.8) is 0 Å². The van der Waals surface area contributed by atoms with Crippen LogP contribution in [0.5, 0.6) is 0 Å². The van der Waals surface area contributed by atoms with Gasteiger partial charge in [0.1, 0.15) is 0 Å². The van der Waals surface area contributed by atoms with Gasteiger partial charge in [-0.25, -0.2) is 0 Å². The molecule has 0 aromatic rings. The molecule has 2 unspecified atom stereocenters. The molecule has 1 aliphatic carbocycles. The van der Waals surface area contributed by atoms with Crippen LogP contribution in [0, 0.1) is 17.8 Å². The zero-order chi connectivity index (χ0) is 11.1. The van der Waals surface area contributed by atoms with Crippen LogP contribution in [0.25, 0.3) is 0 Å². The van der Waals surface area contributed by atoms with Gasteiger partial charge in [0.25, 0.3) is 0 Å². The van der Waals surface area contributed by atoms with Crippen molar-refractivity contribution in [2.45, 2.75) is 78.6 Å². The topological polar surface area (TPSA) is 0 Å². The Morgan fingerprint density at radius 3 is 1.27 bits per heavy atom. The molecule has 1 fully saturated rings. The van der Waals surface area contributed by atoms with Crippen LogP contribution >= 0.6 is 0 Å². The first-order chi connectivity index (χ1) is 7.22. The van der Waals surface area contributed by atoms with Crippen molar-refractivity contribution in [1.82, 2.24) is 0 Å². The summed E-state index contributed by atoms with van der Waals surface area (Å²) in [5.41, 5.74) is 0. The molecule has 0 saturated heterocycles. The molecule has 0 bridgehead atoms. The van der Waals surface area contributed by atoms with Crippen molar-refractivity contribution >= 4 is 0 Å². The predicted octanol–water partition coefficient (Wildman–Crippen LogP) is 5.42. The summed E-state index contributed by atoms with van der Waals surface area (Å²) in [6, 6.07) is 0. The van der Waals surface area contributed by atoms with Gasteiger partial charge in [0.2, 0.25) is 0 Å². The third-order valence-corrected chi connectivity index (χ3v) is 4.61. The highest BCUT2D eigenvalue weighted by molar-refractivity contribution is 4.69. The van der Waals surface area contributed by atoms with Crippen molar-refractivity contribution < 1.29 is 0 Å². The fourth-order valence-electron chi connectivity index (χ4n) is 2.90. The standard InChI is InChI=1S/C15H30/c1-13-11-9-7-5-4-6-8-10-12-14(2)15(13)3/h13-15H,4-12H2,1-3H3. The molecule has 2 atom stereocenters. The Bertz CT molecular complexity index is 134. The highest BCUT2D eigenvalue weighted by atomic mass is 14.2. The lowest BCUT2D eigenvalue weighted by molar-refractivity contribution is 0.241. The zero-order valence-electron chi connectivity index (χ0n) is 11.1. The largest absolute Gasteiger partial charge is 0.0622 e. The Kier molecular flexibility index (Phi) is 6.36. The van der Waals surface area contributed by atoms with E-state index in [1.165, 1.54) is 57.8 Å². The maximum atomic E-state index is 2.47. The van der Waals surface area contributed by atoms with Crippen molar-refractivity contribution in [1.29, 1.82) is 0 Å². The Balaban J connectivity index is 2.36. The van der Waals surface area contributed by atoms with E-state index in [4.69, 9.17) is 0 Å². The number of rotatable bonds is 0. The van der Waals surface area contributed by atoms with E-state index in [-0.39, 0.29) is 0 Å². The zero-order valence-corrected chi connectivity index (χ0v) is 11.1. The van der Waals surface area contributed by atoms with Crippen LogP contribution in [0.2, 0.25) is 0 Å². The van der Waals surface area contributed by atoms with Crippen LogP contribution in [0.4, 0.5) is 0 Å². The summed E-state index contributed by atoms with van der Waals surface area (Å²) in [7, 11) is 0. The molecular weight excluding hydrogens is 180 g/mol. The van der Waals surface area contributed by atoms with E-state index >= 15 is 0 Å². The SMILES string of the molecule is CC1CCCCCCCCCC(C)C1C. The van der Waals surface area contributed by atoms with Gasteiger partial charge in [-0.05, 0) is 17.8 Å². The van der Waals surface area contributed by atoms with Gasteiger partial charge in [0, 0.05) is 0 Å². The van der Waals surface area contributed by atoms with E-state index in [1.807, 2.05) is 0 Å². The smallest absolute Gasteiger partial charge is 0.0391 e. The maximum absolute atomic E-state index is 2.47. The van der Waals surface area contributed by atoms with Crippen LogP contribution in [0.3, 0.4) is 0 Å². The lowest BCUT2D eigenvalue weighted by atomic mass is 9.79. The van der Waals surface area contributed by atoms with Crippen molar-refractivity contribution in [2.24, 2.45) is 17.8 Å². The van der Waals surface area contributed by atoms with Gasteiger partial charge in [0.05, 0.1) is 0 Å². The first-order valence-electron chi connectivity index (χ1n) is 7.22. The van der Waals surface area contributed by atoms with Crippen LogP contribution in [0.15, 0.2) is 0 Å². The number of hydrogen-bond donors (Lipinski definition) is 0. The summed E-state index contributed by atoms with van der Waals surface area (Å²) in [5.74, 6) is 2.82. The minimum atomic E-state index is 0.935. The highest BCUT2D eigenvalue weighted by Gasteiger charge is 2.18. The molecule has 90 valence electrons. The lowest BCUT2D eigenvalue weighted by Gasteiger charge is -2.26. The maximum Gasteiger partial charge on any atom is -0.0391 e. The van der Waals surface area contributed by atoms with E-state index in [1.54, 1.807) is 0 Å². The second-order valence-corrected chi connectivity index (χ2v) is 5.87. The Morgan fingerprint density at radius 1 is 0.533 bits per heavy atom. The van der Waals surface area contributed by atoms with Crippen LogP contribution < -0.4 is 0 Å². The van der Waals surface area contributed by atoms with E-state index < -0.39 is 0 Å². The average Bonchev–Trinajstić information content (AvgIpc) is 2.23. The van der Waals surface area contributed by atoms with Gasteiger partial charge in [-0.15, -0.1) is 0 Å². The Labute approximate surface area is 96.8 Å². The normalized spacial score (nSPS) is 36.6. The van der Waals surface area contributed by atoms with Gasteiger partial charge >= 0.3 is 0 Å². The molecule has 0 aromatic heterocycles. The third kappa shape index (κ3) is 5.04. The van der Waals surface area contributed by atoms with Gasteiger partial charge in [-0.3, -0.25) is 0 Å². The van der Waals surface area contributed by atoms with E-state index in [9.17, 15) is 0 Å². The van der Waals surface area contributed by atoms with Gasteiger partial charge in [-0.2, -0.15) is 0 Å². The molecule has 0 spiro atoms. The summed E-state index contributed by atoms with van der Waals surface area (Å²) in [6.07, 6.45) is 13.3. The summed E-state index contributed by atoms with van der Waals surface area (Å²) in [6.45, 7) is 7.40. The quantitative estimate of drug-likeness (QED) is 0.501. The molecule has 1 saturated carbocycles. The fraction of sp³-hybridized carbons (Fsp3) is 1.00. The minimum absolute atomic E-state index is 0.935.